The summed E-state index contributed by atoms with van der Waals surface area (Å²) in [6, 6.07) is 9.20. The Morgan fingerprint density at radius 2 is 2.04 bits per heavy atom. The van der Waals surface area contributed by atoms with Gasteiger partial charge in [-0.25, -0.2) is 4.68 Å². The van der Waals surface area contributed by atoms with Gasteiger partial charge in [0.25, 0.3) is 0 Å². The molecule has 27 heavy (non-hydrogen) atoms. The summed E-state index contributed by atoms with van der Waals surface area (Å²) in [6.07, 6.45) is 5.22. The fourth-order valence-corrected chi connectivity index (χ4v) is 3.63. The van der Waals surface area contributed by atoms with Crippen molar-refractivity contribution in [1.82, 2.24) is 30.4 Å². The van der Waals surface area contributed by atoms with E-state index in [-0.39, 0.29) is 11.9 Å². The van der Waals surface area contributed by atoms with Crippen molar-refractivity contribution in [2.24, 2.45) is 5.92 Å². The number of tetrazole rings is 1. The number of nitrogens with one attached hydrogen (secondary N) is 1. The first-order valence-corrected chi connectivity index (χ1v) is 9.89. The molecule has 2 heterocycles. The van der Waals surface area contributed by atoms with Crippen LogP contribution in [0.25, 0.3) is 0 Å². The van der Waals surface area contributed by atoms with Gasteiger partial charge >= 0.3 is 0 Å². The molecule has 0 aliphatic carbocycles. The second kappa shape index (κ2) is 9.60. The van der Waals surface area contributed by atoms with Crippen molar-refractivity contribution in [2.75, 3.05) is 13.1 Å². The summed E-state index contributed by atoms with van der Waals surface area (Å²) >= 11 is 0. The number of aromatic nitrogens is 4. The number of likely N-dealkylation sites (tertiary alicyclic amines) is 1. The average molecular weight is 371 g/mol. The zero-order chi connectivity index (χ0) is 19.1. The van der Waals surface area contributed by atoms with Crippen molar-refractivity contribution in [2.45, 2.75) is 58.7 Å². The highest BCUT2D eigenvalue weighted by atomic mass is 16.1. The van der Waals surface area contributed by atoms with Gasteiger partial charge in [0.05, 0.1) is 6.54 Å². The molecule has 146 valence electrons. The van der Waals surface area contributed by atoms with Gasteiger partial charge in [-0.2, -0.15) is 0 Å². The number of hydrogen-bond acceptors (Lipinski definition) is 5. The van der Waals surface area contributed by atoms with E-state index in [9.17, 15) is 4.79 Å². The molecule has 1 fully saturated rings. The third kappa shape index (κ3) is 6.43. The predicted octanol–water partition coefficient (Wildman–Crippen LogP) is 2.04. The SMILES string of the molecule is CC(C)Cc1ccc(CN2CCC[C@@H](NC(=O)CCn3cnnn3)C2)cc1. The van der Waals surface area contributed by atoms with Gasteiger partial charge in [0.1, 0.15) is 6.33 Å². The van der Waals surface area contributed by atoms with Gasteiger partial charge in [0.2, 0.25) is 5.91 Å². The molecule has 0 bridgehead atoms. The van der Waals surface area contributed by atoms with Crippen LogP contribution in [0.15, 0.2) is 30.6 Å². The third-order valence-electron chi connectivity index (χ3n) is 4.90. The Balaban J connectivity index is 1.43. The van der Waals surface area contributed by atoms with Crippen LogP contribution < -0.4 is 5.32 Å². The standard InChI is InChI=1S/C20H30N6O/c1-16(2)12-17-5-7-18(8-6-17)13-25-10-3-4-19(14-25)22-20(27)9-11-26-15-21-23-24-26/h5-8,15-16,19H,3-4,9-14H2,1-2H3,(H,22,27)/t19-/m1/s1. The smallest absolute Gasteiger partial charge is 0.222 e. The van der Waals surface area contributed by atoms with E-state index in [1.54, 1.807) is 4.68 Å². The minimum Gasteiger partial charge on any atom is -0.352 e. The molecule has 0 saturated carbocycles. The van der Waals surface area contributed by atoms with Gasteiger partial charge in [-0.05, 0) is 53.3 Å². The van der Waals surface area contributed by atoms with E-state index in [4.69, 9.17) is 0 Å². The Hall–Kier alpha value is -2.28. The summed E-state index contributed by atoms with van der Waals surface area (Å²) in [7, 11) is 0. The Labute approximate surface area is 161 Å². The molecule has 1 amide bonds. The first kappa shape index (κ1) is 19.5. The van der Waals surface area contributed by atoms with Crippen molar-refractivity contribution in [3.63, 3.8) is 0 Å². The number of benzene rings is 1. The van der Waals surface area contributed by atoms with Crippen molar-refractivity contribution < 1.29 is 4.79 Å². The summed E-state index contributed by atoms with van der Waals surface area (Å²) in [5, 5.41) is 14.1. The van der Waals surface area contributed by atoms with Crippen LogP contribution in [0, 0.1) is 5.92 Å². The van der Waals surface area contributed by atoms with E-state index in [0.29, 0.717) is 18.9 Å². The monoisotopic (exact) mass is 370 g/mol. The average Bonchev–Trinajstić information content (AvgIpc) is 3.15. The summed E-state index contributed by atoms with van der Waals surface area (Å²) in [6.45, 7) is 7.95. The molecule has 1 aliphatic heterocycles. The molecular weight excluding hydrogens is 340 g/mol. The molecule has 0 unspecified atom stereocenters. The summed E-state index contributed by atoms with van der Waals surface area (Å²) in [5.74, 6) is 0.749. The normalized spacial score (nSPS) is 18.0. The topological polar surface area (TPSA) is 75.9 Å². The highest BCUT2D eigenvalue weighted by Crippen LogP contribution is 2.16. The van der Waals surface area contributed by atoms with E-state index in [0.717, 1.165) is 38.9 Å². The first-order chi connectivity index (χ1) is 13.1. The summed E-state index contributed by atoms with van der Waals surface area (Å²) in [4.78, 5) is 14.6. The fraction of sp³-hybridized carbons (Fsp3) is 0.600. The van der Waals surface area contributed by atoms with Crippen LogP contribution in [0.2, 0.25) is 0 Å². The minimum atomic E-state index is 0.0652. The summed E-state index contributed by atoms with van der Waals surface area (Å²) < 4.78 is 1.58. The predicted molar refractivity (Wildman–Crippen MR) is 104 cm³/mol. The molecule has 7 nitrogen and oxygen atoms in total. The van der Waals surface area contributed by atoms with Gasteiger partial charge in [-0.15, -0.1) is 5.10 Å². The van der Waals surface area contributed by atoms with Crippen molar-refractivity contribution in [3.05, 3.63) is 41.7 Å². The van der Waals surface area contributed by atoms with E-state index < -0.39 is 0 Å². The Morgan fingerprint density at radius 1 is 1.26 bits per heavy atom. The first-order valence-electron chi connectivity index (χ1n) is 9.89. The van der Waals surface area contributed by atoms with Crippen molar-refractivity contribution in [1.29, 1.82) is 0 Å². The molecule has 2 aromatic rings. The Morgan fingerprint density at radius 3 is 2.74 bits per heavy atom. The highest BCUT2D eigenvalue weighted by molar-refractivity contribution is 5.76. The lowest BCUT2D eigenvalue weighted by Crippen LogP contribution is -2.47. The van der Waals surface area contributed by atoms with Crippen LogP contribution in [0.5, 0.6) is 0 Å². The lowest BCUT2D eigenvalue weighted by Gasteiger charge is -2.33. The van der Waals surface area contributed by atoms with Crippen LogP contribution in [0.3, 0.4) is 0 Å². The maximum absolute atomic E-state index is 12.2. The molecule has 1 aliphatic rings. The summed E-state index contributed by atoms with van der Waals surface area (Å²) in [5.41, 5.74) is 2.74. The number of carbonyl (C=O) groups excluding carboxylic acids is 1. The number of aryl methyl sites for hydroxylation is 1. The molecule has 1 N–H and O–H groups in total. The number of rotatable bonds is 8. The van der Waals surface area contributed by atoms with Crippen LogP contribution in [0.1, 0.15) is 44.2 Å². The molecule has 1 aromatic carbocycles. The maximum Gasteiger partial charge on any atom is 0.222 e. The lowest BCUT2D eigenvalue weighted by molar-refractivity contribution is -0.122. The van der Waals surface area contributed by atoms with Crippen LogP contribution in [0.4, 0.5) is 0 Å². The molecule has 0 radical (unpaired) electrons. The van der Waals surface area contributed by atoms with Gasteiger partial charge < -0.3 is 5.32 Å². The number of amides is 1. The molecule has 3 rings (SSSR count). The molecule has 1 atom stereocenters. The molecule has 1 saturated heterocycles. The second-order valence-corrected chi connectivity index (χ2v) is 7.88. The quantitative estimate of drug-likeness (QED) is 0.770. The molecule has 0 spiro atoms. The van der Waals surface area contributed by atoms with E-state index in [1.165, 1.54) is 17.5 Å². The zero-order valence-electron chi connectivity index (χ0n) is 16.3. The lowest BCUT2D eigenvalue weighted by atomic mass is 10.0. The molecule has 7 heteroatoms. The van der Waals surface area contributed by atoms with Gasteiger partial charge in [0, 0.05) is 25.6 Å². The fourth-order valence-electron chi connectivity index (χ4n) is 3.63. The largest absolute Gasteiger partial charge is 0.352 e. The van der Waals surface area contributed by atoms with Gasteiger partial charge in [0.15, 0.2) is 0 Å². The second-order valence-electron chi connectivity index (χ2n) is 7.88. The number of piperidine rings is 1. The minimum absolute atomic E-state index is 0.0652. The van der Waals surface area contributed by atoms with Crippen molar-refractivity contribution in [3.8, 4) is 0 Å². The maximum atomic E-state index is 12.2. The van der Waals surface area contributed by atoms with E-state index in [1.807, 2.05) is 0 Å². The Kier molecular flexibility index (Phi) is 6.92. The third-order valence-corrected chi connectivity index (χ3v) is 4.90. The number of hydrogen-bond donors (Lipinski definition) is 1. The molecule has 1 aromatic heterocycles. The van der Waals surface area contributed by atoms with E-state index in [2.05, 4.69) is 63.9 Å². The van der Waals surface area contributed by atoms with Gasteiger partial charge in [-0.3, -0.25) is 9.69 Å². The van der Waals surface area contributed by atoms with Crippen LogP contribution in [-0.4, -0.2) is 50.1 Å². The number of carbonyl (C=O) groups is 1. The zero-order valence-corrected chi connectivity index (χ0v) is 16.3. The number of nitrogens with zero attached hydrogens (tertiary/aromatic N) is 5. The van der Waals surface area contributed by atoms with Crippen LogP contribution >= 0.6 is 0 Å². The van der Waals surface area contributed by atoms with E-state index >= 15 is 0 Å². The Bertz CT molecular complexity index is 698. The van der Waals surface area contributed by atoms with Crippen LogP contribution in [-0.2, 0) is 24.3 Å². The highest BCUT2D eigenvalue weighted by Gasteiger charge is 2.21. The van der Waals surface area contributed by atoms with Gasteiger partial charge in [-0.1, -0.05) is 38.1 Å². The van der Waals surface area contributed by atoms with Crippen molar-refractivity contribution >= 4 is 5.91 Å². The molecular formula is C20H30N6O.